The summed E-state index contributed by atoms with van der Waals surface area (Å²) in [6.07, 6.45) is 12.3. The van der Waals surface area contributed by atoms with Gasteiger partial charge in [-0.1, -0.05) is 46.8 Å². The van der Waals surface area contributed by atoms with Crippen molar-refractivity contribution in [3.8, 4) is 12.1 Å². The summed E-state index contributed by atoms with van der Waals surface area (Å²) < 4.78 is 2.25. The molecule has 220 valence electrons. The molecule has 0 amide bonds. The van der Waals surface area contributed by atoms with Gasteiger partial charge in [0.25, 0.3) is 0 Å². The summed E-state index contributed by atoms with van der Waals surface area (Å²) in [5.41, 5.74) is 12.4. The van der Waals surface area contributed by atoms with E-state index >= 15 is 0 Å². The van der Waals surface area contributed by atoms with Crippen LogP contribution in [-0.2, 0) is 10.8 Å². The third kappa shape index (κ3) is 5.02. The summed E-state index contributed by atoms with van der Waals surface area (Å²) in [6, 6.07) is 16.8. The van der Waals surface area contributed by atoms with Gasteiger partial charge in [-0.15, -0.1) is 0 Å². The normalized spacial score (nSPS) is 22.0. The summed E-state index contributed by atoms with van der Waals surface area (Å²) in [4.78, 5) is 4.83. The van der Waals surface area contributed by atoms with Crippen LogP contribution in [0.3, 0.4) is 0 Å². The highest BCUT2D eigenvalue weighted by atomic mass is 15.2. The second kappa shape index (κ2) is 11.4. The fourth-order valence-corrected chi connectivity index (χ4v) is 7.27. The van der Waals surface area contributed by atoms with E-state index in [1.54, 1.807) is 0 Å². The Morgan fingerprint density at radius 2 is 1.21 bits per heavy atom. The van der Waals surface area contributed by atoms with Crippen LogP contribution in [0, 0.1) is 22.7 Å². The van der Waals surface area contributed by atoms with Crippen LogP contribution in [0.4, 0.5) is 11.4 Å². The minimum absolute atomic E-state index is 0.188. The van der Waals surface area contributed by atoms with E-state index < -0.39 is 0 Å². The lowest BCUT2D eigenvalue weighted by Gasteiger charge is -2.26. The molecule has 1 fully saturated rings. The Hall–Kier alpha value is -4.35. The van der Waals surface area contributed by atoms with Gasteiger partial charge < -0.3 is 9.80 Å². The molecule has 3 aliphatic rings. The van der Waals surface area contributed by atoms with E-state index in [1.165, 1.54) is 50.8 Å². The first kappa shape index (κ1) is 30.1. The van der Waals surface area contributed by atoms with Gasteiger partial charge in [-0.05, 0) is 85.9 Å². The molecule has 0 unspecified atom stereocenters. The SMILES string of the molecule is CCCN1/C(=C/C=C2\CC/C(=C\C=C3\N(CC)c4ccc(C#N)cc4C3(C)C)C2=[N+](C)C)C(C)(C)c2cc(C#N)ccc21. The van der Waals surface area contributed by atoms with Crippen molar-refractivity contribution in [2.45, 2.75) is 71.6 Å². The molecule has 5 heteroatoms. The van der Waals surface area contributed by atoms with Crippen molar-refractivity contribution in [3.05, 3.63) is 105 Å². The number of fused-ring (bicyclic) bond motifs is 2. The van der Waals surface area contributed by atoms with Gasteiger partial charge in [0.15, 0.2) is 0 Å². The Morgan fingerprint density at radius 3 is 1.63 bits per heavy atom. The average Bonchev–Trinajstić information content (AvgIpc) is 3.56. The minimum Gasteiger partial charge on any atom is -0.344 e. The molecule has 0 atom stereocenters. The van der Waals surface area contributed by atoms with Gasteiger partial charge in [-0.2, -0.15) is 10.5 Å². The standard InChI is InChI=1S/C38H44N5/c1-9-21-43-33-18-12-27(25-40)23-31(33)38(5,6)35(43)20-16-29-14-13-28(36(29)41(7)8)15-19-34-37(3,4)30-22-26(24-39)11-17-32(30)42(34)10-2/h11-12,15-20,22-23H,9-10,13-14,21H2,1-8H3/q+1. The maximum atomic E-state index is 9.55. The molecule has 43 heavy (non-hydrogen) atoms. The van der Waals surface area contributed by atoms with E-state index in [2.05, 4.69) is 131 Å². The number of hydrogen-bond donors (Lipinski definition) is 0. The first-order chi connectivity index (χ1) is 20.5. The molecule has 2 aliphatic heterocycles. The zero-order valence-electron chi connectivity index (χ0n) is 27.0. The first-order valence-electron chi connectivity index (χ1n) is 15.5. The van der Waals surface area contributed by atoms with Crippen LogP contribution in [0.1, 0.15) is 83.1 Å². The molecule has 1 saturated carbocycles. The highest BCUT2D eigenvalue weighted by Crippen LogP contribution is 2.49. The van der Waals surface area contributed by atoms with E-state index in [9.17, 15) is 10.5 Å². The fourth-order valence-electron chi connectivity index (χ4n) is 7.27. The molecule has 0 spiro atoms. The molecular weight excluding hydrogens is 526 g/mol. The Labute approximate surface area is 258 Å². The quantitative estimate of drug-likeness (QED) is 0.343. The lowest BCUT2D eigenvalue weighted by atomic mass is 9.83. The van der Waals surface area contributed by atoms with Crippen LogP contribution in [0.25, 0.3) is 0 Å². The van der Waals surface area contributed by atoms with Gasteiger partial charge in [0, 0.05) is 57.8 Å². The highest BCUT2D eigenvalue weighted by molar-refractivity contribution is 6.11. The predicted molar refractivity (Wildman–Crippen MR) is 178 cm³/mol. The minimum atomic E-state index is -0.188. The predicted octanol–water partition coefficient (Wildman–Crippen LogP) is 7.88. The monoisotopic (exact) mass is 570 g/mol. The molecule has 0 aromatic heterocycles. The van der Waals surface area contributed by atoms with E-state index in [0.717, 1.165) is 32.4 Å². The molecule has 0 radical (unpaired) electrons. The van der Waals surface area contributed by atoms with Crippen molar-refractivity contribution in [2.75, 3.05) is 37.0 Å². The number of rotatable bonds is 5. The second-order valence-corrected chi connectivity index (χ2v) is 13.1. The van der Waals surface area contributed by atoms with Crippen LogP contribution < -0.4 is 9.80 Å². The third-order valence-corrected chi connectivity index (χ3v) is 9.41. The first-order valence-corrected chi connectivity index (χ1v) is 15.5. The summed E-state index contributed by atoms with van der Waals surface area (Å²) in [6.45, 7) is 15.3. The molecule has 0 bridgehead atoms. The Morgan fingerprint density at radius 1 is 0.744 bits per heavy atom. The maximum absolute atomic E-state index is 9.55. The Kier molecular flexibility index (Phi) is 7.97. The highest BCUT2D eigenvalue weighted by Gasteiger charge is 2.41. The van der Waals surface area contributed by atoms with Gasteiger partial charge in [0.05, 0.1) is 23.3 Å². The van der Waals surface area contributed by atoms with E-state index in [-0.39, 0.29) is 10.8 Å². The lowest BCUT2D eigenvalue weighted by Crippen LogP contribution is -2.26. The van der Waals surface area contributed by atoms with Crippen LogP contribution in [0.15, 0.2) is 83.2 Å². The number of nitrogens with zero attached hydrogens (tertiary/aromatic N) is 5. The van der Waals surface area contributed by atoms with Crippen molar-refractivity contribution in [1.29, 1.82) is 10.5 Å². The van der Waals surface area contributed by atoms with Crippen LogP contribution in [-0.4, -0.2) is 37.5 Å². The molecule has 0 saturated heterocycles. The molecule has 2 heterocycles. The second-order valence-electron chi connectivity index (χ2n) is 13.1. The Bertz CT molecular complexity index is 1710. The molecule has 5 nitrogen and oxygen atoms in total. The molecule has 5 rings (SSSR count). The summed E-state index contributed by atoms with van der Waals surface area (Å²) in [7, 11) is 4.28. The average molecular weight is 571 g/mol. The smallest absolute Gasteiger partial charge is 0.205 e. The molecular formula is C38H44N5+. The fraction of sp³-hybridized carbons (Fsp3) is 0.395. The van der Waals surface area contributed by atoms with Gasteiger partial charge in [0.2, 0.25) is 5.71 Å². The van der Waals surface area contributed by atoms with Crippen molar-refractivity contribution in [3.63, 3.8) is 0 Å². The number of anilines is 2. The third-order valence-electron chi connectivity index (χ3n) is 9.41. The van der Waals surface area contributed by atoms with Crippen molar-refractivity contribution in [2.24, 2.45) is 0 Å². The number of likely N-dealkylation sites (N-methyl/N-ethyl adjacent to an activating group) is 1. The summed E-state index contributed by atoms with van der Waals surface area (Å²) >= 11 is 0. The molecule has 1 aliphatic carbocycles. The number of nitriles is 2. The van der Waals surface area contributed by atoms with Crippen LogP contribution >= 0.6 is 0 Å². The maximum Gasteiger partial charge on any atom is 0.205 e. The van der Waals surface area contributed by atoms with Crippen LogP contribution in [0.5, 0.6) is 0 Å². The summed E-state index contributed by atoms with van der Waals surface area (Å²) in [5, 5.41) is 19.1. The molecule has 0 N–H and O–H groups in total. The zero-order valence-corrected chi connectivity index (χ0v) is 27.0. The largest absolute Gasteiger partial charge is 0.344 e. The molecule has 2 aromatic carbocycles. The number of hydrogen-bond acceptors (Lipinski definition) is 4. The van der Waals surface area contributed by atoms with Crippen molar-refractivity contribution >= 4 is 17.1 Å². The molecule has 2 aromatic rings. The van der Waals surface area contributed by atoms with E-state index in [1.807, 2.05) is 12.1 Å². The topological polar surface area (TPSA) is 57.1 Å². The number of allylic oxidation sites excluding steroid dienone is 8. The Balaban J connectivity index is 1.52. The van der Waals surface area contributed by atoms with Gasteiger partial charge in [0.1, 0.15) is 14.1 Å². The summed E-state index contributed by atoms with van der Waals surface area (Å²) in [5.74, 6) is 0. The van der Waals surface area contributed by atoms with E-state index in [0.29, 0.717) is 11.1 Å². The van der Waals surface area contributed by atoms with E-state index in [4.69, 9.17) is 0 Å². The van der Waals surface area contributed by atoms with Crippen molar-refractivity contribution in [1.82, 2.24) is 0 Å². The van der Waals surface area contributed by atoms with Gasteiger partial charge in [-0.25, -0.2) is 4.58 Å². The van der Waals surface area contributed by atoms with Gasteiger partial charge >= 0.3 is 0 Å². The lowest BCUT2D eigenvalue weighted by molar-refractivity contribution is -0.463. The number of benzene rings is 2. The van der Waals surface area contributed by atoms with Crippen molar-refractivity contribution < 1.29 is 4.58 Å². The zero-order chi connectivity index (χ0) is 31.1. The van der Waals surface area contributed by atoms with Crippen LogP contribution in [0.2, 0.25) is 0 Å². The van der Waals surface area contributed by atoms with Gasteiger partial charge in [-0.3, -0.25) is 0 Å².